The molecule has 2 aliphatic rings. The number of aliphatic carboxylic acids is 1. The monoisotopic (exact) mass is 212 g/mol. The van der Waals surface area contributed by atoms with Gasteiger partial charge in [-0.3, -0.25) is 4.79 Å². The Bertz CT molecular complexity index is 227. The van der Waals surface area contributed by atoms with Gasteiger partial charge in [-0.05, 0) is 57.2 Å². The summed E-state index contributed by atoms with van der Waals surface area (Å²) in [6.07, 6.45) is 4.47. The van der Waals surface area contributed by atoms with E-state index < -0.39 is 5.97 Å². The van der Waals surface area contributed by atoms with Crippen molar-refractivity contribution >= 4 is 5.97 Å². The van der Waals surface area contributed by atoms with Crippen molar-refractivity contribution in [3.8, 4) is 0 Å². The molecule has 0 aromatic heterocycles. The van der Waals surface area contributed by atoms with E-state index in [1.165, 1.54) is 0 Å². The van der Waals surface area contributed by atoms with Crippen LogP contribution in [0.3, 0.4) is 0 Å². The molecule has 2 rings (SSSR count). The lowest BCUT2D eigenvalue weighted by Crippen LogP contribution is -2.50. The number of hydrogen-bond acceptors (Lipinski definition) is 3. The van der Waals surface area contributed by atoms with Crippen LogP contribution in [-0.2, 0) is 4.79 Å². The van der Waals surface area contributed by atoms with Gasteiger partial charge in [-0.25, -0.2) is 0 Å². The lowest BCUT2D eigenvalue weighted by atomic mass is 9.76. The van der Waals surface area contributed by atoms with Crippen LogP contribution in [0.2, 0.25) is 0 Å². The number of carboxylic acids is 1. The molecule has 2 fully saturated rings. The van der Waals surface area contributed by atoms with Crippen molar-refractivity contribution in [2.24, 2.45) is 11.8 Å². The van der Waals surface area contributed by atoms with Crippen LogP contribution in [0.5, 0.6) is 0 Å². The van der Waals surface area contributed by atoms with Crippen molar-refractivity contribution in [2.45, 2.75) is 31.7 Å². The minimum absolute atomic E-state index is 0.304. The van der Waals surface area contributed by atoms with E-state index in [4.69, 9.17) is 5.11 Å². The Morgan fingerprint density at radius 1 is 1.13 bits per heavy atom. The van der Waals surface area contributed by atoms with Gasteiger partial charge in [-0.1, -0.05) is 0 Å². The van der Waals surface area contributed by atoms with Gasteiger partial charge in [0.15, 0.2) is 0 Å². The van der Waals surface area contributed by atoms with Crippen molar-refractivity contribution < 1.29 is 9.90 Å². The molecule has 2 saturated heterocycles. The maximum absolute atomic E-state index is 11.1. The first kappa shape index (κ1) is 10.9. The van der Waals surface area contributed by atoms with Gasteiger partial charge in [0.25, 0.3) is 0 Å². The summed E-state index contributed by atoms with van der Waals surface area (Å²) in [5, 5.41) is 15.6. The SMILES string of the molecule is O=C(O)C1NCCCC1C1CCNCC1. The molecule has 2 aliphatic heterocycles. The number of piperidine rings is 2. The molecule has 0 aliphatic carbocycles. The molecule has 0 spiro atoms. The Hall–Kier alpha value is -0.610. The van der Waals surface area contributed by atoms with E-state index in [-0.39, 0.29) is 6.04 Å². The zero-order chi connectivity index (χ0) is 10.7. The summed E-state index contributed by atoms with van der Waals surface area (Å²) in [5.41, 5.74) is 0. The van der Waals surface area contributed by atoms with Gasteiger partial charge >= 0.3 is 5.97 Å². The molecule has 2 unspecified atom stereocenters. The van der Waals surface area contributed by atoms with Gasteiger partial charge in [0.2, 0.25) is 0 Å². The summed E-state index contributed by atoms with van der Waals surface area (Å²) >= 11 is 0. The van der Waals surface area contributed by atoms with Crippen LogP contribution in [0.1, 0.15) is 25.7 Å². The largest absolute Gasteiger partial charge is 0.480 e. The molecule has 0 bridgehead atoms. The van der Waals surface area contributed by atoms with Gasteiger partial charge < -0.3 is 15.7 Å². The Morgan fingerprint density at radius 3 is 2.53 bits per heavy atom. The summed E-state index contributed by atoms with van der Waals surface area (Å²) in [6.45, 7) is 2.96. The lowest BCUT2D eigenvalue weighted by Gasteiger charge is -2.37. The molecular formula is C11H20N2O2. The minimum Gasteiger partial charge on any atom is -0.480 e. The highest BCUT2D eigenvalue weighted by Gasteiger charge is 2.36. The van der Waals surface area contributed by atoms with Crippen molar-refractivity contribution in [1.29, 1.82) is 0 Å². The number of carbonyl (C=O) groups is 1. The highest BCUT2D eigenvalue weighted by Crippen LogP contribution is 2.30. The molecule has 3 N–H and O–H groups in total. The summed E-state index contributed by atoms with van der Waals surface area (Å²) < 4.78 is 0. The lowest BCUT2D eigenvalue weighted by molar-refractivity contribution is -0.142. The molecule has 86 valence electrons. The van der Waals surface area contributed by atoms with Gasteiger partial charge in [0.05, 0.1) is 0 Å². The molecule has 4 heteroatoms. The highest BCUT2D eigenvalue weighted by molar-refractivity contribution is 5.74. The van der Waals surface area contributed by atoms with Crippen LogP contribution in [0.15, 0.2) is 0 Å². The smallest absolute Gasteiger partial charge is 0.320 e. The summed E-state index contributed by atoms with van der Waals surface area (Å²) in [7, 11) is 0. The van der Waals surface area contributed by atoms with Crippen LogP contribution >= 0.6 is 0 Å². The second-order valence-corrected chi connectivity index (χ2v) is 4.66. The quantitative estimate of drug-likeness (QED) is 0.621. The van der Waals surface area contributed by atoms with E-state index in [2.05, 4.69) is 10.6 Å². The fourth-order valence-corrected chi connectivity index (χ4v) is 2.96. The fraction of sp³-hybridized carbons (Fsp3) is 0.909. The zero-order valence-corrected chi connectivity index (χ0v) is 9.04. The summed E-state index contributed by atoms with van der Waals surface area (Å²) in [6, 6.07) is -0.304. The van der Waals surface area contributed by atoms with Crippen molar-refractivity contribution in [3.63, 3.8) is 0 Å². The molecule has 4 nitrogen and oxygen atoms in total. The molecule has 2 atom stereocenters. The van der Waals surface area contributed by atoms with E-state index in [0.29, 0.717) is 11.8 Å². The molecule has 0 radical (unpaired) electrons. The van der Waals surface area contributed by atoms with E-state index in [1.54, 1.807) is 0 Å². The predicted molar refractivity (Wildman–Crippen MR) is 57.7 cm³/mol. The van der Waals surface area contributed by atoms with Crippen LogP contribution in [0.25, 0.3) is 0 Å². The first-order chi connectivity index (χ1) is 7.29. The molecule has 2 heterocycles. The molecule has 15 heavy (non-hydrogen) atoms. The van der Waals surface area contributed by atoms with Crippen molar-refractivity contribution in [1.82, 2.24) is 10.6 Å². The van der Waals surface area contributed by atoms with Gasteiger partial charge in [0, 0.05) is 0 Å². The molecule has 0 amide bonds. The summed E-state index contributed by atoms with van der Waals surface area (Å²) in [4.78, 5) is 11.1. The zero-order valence-electron chi connectivity index (χ0n) is 9.04. The van der Waals surface area contributed by atoms with Crippen molar-refractivity contribution in [3.05, 3.63) is 0 Å². The molecule has 0 saturated carbocycles. The van der Waals surface area contributed by atoms with Crippen LogP contribution < -0.4 is 10.6 Å². The van der Waals surface area contributed by atoms with Gasteiger partial charge in [-0.2, -0.15) is 0 Å². The van der Waals surface area contributed by atoms with Crippen LogP contribution in [0, 0.1) is 11.8 Å². The minimum atomic E-state index is -0.668. The third kappa shape index (κ3) is 2.49. The normalized spacial score (nSPS) is 33.9. The third-order valence-corrected chi connectivity index (χ3v) is 3.76. The van der Waals surface area contributed by atoms with E-state index >= 15 is 0 Å². The first-order valence-corrected chi connectivity index (χ1v) is 5.96. The molecule has 0 aromatic rings. The van der Waals surface area contributed by atoms with E-state index in [0.717, 1.165) is 45.3 Å². The third-order valence-electron chi connectivity index (χ3n) is 3.76. The Balaban J connectivity index is 1.99. The first-order valence-electron chi connectivity index (χ1n) is 5.96. The van der Waals surface area contributed by atoms with Crippen molar-refractivity contribution in [2.75, 3.05) is 19.6 Å². The maximum atomic E-state index is 11.1. The number of nitrogens with one attached hydrogen (secondary N) is 2. The number of rotatable bonds is 2. The highest BCUT2D eigenvalue weighted by atomic mass is 16.4. The topological polar surface area (TPSA) is 61.4 Å². The molecule has 0 aromatic carbocycles. The Labute approximate surface area is 90.4 Å². The number of carboxylic acid groups (broad SMARTS) is 1. The average molecular weight is 212 g/mol. The predicted octanol–water partition coefficient (Wildman–Crippen LogP) is 0.439. The van der Waals surface area contributed by atoms with Gasteiger partial charge in [-0.15, -0.1) is 0 Å². The summed E-state index contributed by atoms with van der Waals surface area (Å²) in [5.74, 6) is 0.275. The van der Waals surface area contributed by atoms with Gasteiger partial charge in [0.1, 0.15) is 6.04 Å². The Kier molecular flexibility index (Phi) is 3.59. The fourth-order valence-electron chi connectivity index (χ4n) is 2.96. The maximum Gasteiger partial charge on any atom is 0.320 e. The van der Waals surface area contributed by atoms with E-state index in [1.807, 2.05) is 0 Å². The van der Waals surface area contributed by atoms with Crippen LogP contribution in [-0.4, -0.2) is 36.8 Å². The molecular weight excluding hydrogens is 192 g/mol. The second-order valence-electron chi connectivity index (χ2n) is 4.66. The van der Waals surface area contributed by atoms with E-state index in [9.17, 15) is 4.79 Å². The second kappa shape index (κ2) is 4.94. The van der Waals surface area contributed by atoms with Crippen LogP contribution in [0.4, 0.5) is 0 Å². The average Bonchev–Trinajstić information content (AvgIpc) is 2.30. The standard InChI is InChI=1S/C11H20N2O2/c14-11(15)10-9(2-1-5-13-10)8-3-6-12-7-4-8/h8-10,12-13H,1-7H2,(H,14,15). The number of hydrogen-bond donors (Lipinski definition) is 3. The Morgan fingerprint density at radius 2 is 1.87 bits per heavy atom.